The van der Waals surface area contributed by atoms with Gasteiger partial charge in [0.2, 0.25) is 0 Å². The normalized spacial score (nSPS) is 29.1. The third-order valence-corrected chi connectivity index (χ3v) is 6.82. The minimum absolute atomic E-state index is 1.08. The van der Waals surface area contributed by atoms with E-state index >= 15 is 0 Å². The number of hydrogen-bond acceptors (Lipinski definition) is 2. The van der Waals surface area contributed by atoms with Gasteiger partial charge in [0.25, 0.3) is 0 Å². The molecule has 0 N–H and O–H groups in total. The summed E-state index contributed by atoms with van der Waals surface area (Å²) < 4.78 is 5.01. The van der Waals surface area contributed by atoms with E-state index in [-0.39, 0.29) is 0 Å². The second kappa shape index (κ2) is 2.14. The molecule has 0 aromatic heterocycles. The van der Waals surface area contributed by atoms with Crippen LogP contribution in [-0.4, -0.2) is 46.4 Å². The molecule has 5 heteroatoms. The summed E-state index contributed by atoms with van der Waals surface area (Å²) in [7, 11) is 3.38. The zero-order chi connectivity index (χ0) is 7.07. The van der Waals surface area contributed by atoms with Crippen molar-refractivity contribution in [2.75, 3.05) is 13.1 Å². The van der Waals surface area contributed by atoms with Gasteiger partial charge in [0, 0.05) is 0 Å². The minimum atomic E-state index is -1.08. The molecule has 1 aliphatic rings. The SMILES string of the molecule is BN1CCN(B)[Si]1(C)C. The van der Waals surface area contributed by atoms with Crippen LogP contribution in [0, 0.1) is 0 Å². The largest absolute Gasteiger partial charge is 0.358 e. The molecule has 0 bridgehead atoms. The summed E-state index contributed by atoms with van der Waals surface area (Å²) in [6.45, 7) is 7.30. The summed E-state index contributed by atoms with van der Waals surface area (Å²) in [4.78, 5) is 0. The highest BCUT2D eigenvalue weighted by molar-refractivity contribution is 6.79. The second-order valence-electron chi connectivity index (χ2n) is 3.34. The first-order valence-corrected chi connectivity index (χ1v) is 6.37. The van der Waals surface area contributed by atoms with E-state index in [1.807, 2.05) is 0 Å². The lowest BCUT2D eigenvalue weighted by Gasteiger charge is -2.31. The van der Waals surface area contributed by atoms with E-state index in [2.05, 4.69) is 38.0 Å². The molecule has 50 valence electrons. The Morgan fingerprint density at radius 3 is 1.56 bits per heavy atom. The maximum Gasteiger partial charge on any atom is 0.178 e. The van der Waals surface area contributed by atoms with Gasteiger partial charge in [-0.2, -0.15) is 0 Å². The zero-order valence-electron chi connectivity index (χ0n) is 6.81. The van der Waals surface area contributed by atoms with E-state index in [9.17, 15) is 0 Å². The topological polar surface area (TPSA) is 6.48 Å². The van der Waals surface area contributed by atoms with Gasteiger partial charge >= 0.3 is 0 Å². The monoisotopic (exact) mass is 140 g/mol. The van der Waals surface area contributed by atoms with Crippen molar-refractivity contribution >= 4 is 24.4 Å². The summed E-state index contributed by atoms with van der Waals surface area (Å²) >= 11 is 0. The van der Waals surface area contributed by atoms with E-state index in [0.29, 0.717) is 0 Å². The zero-order valence-corrected chi connectivity index (χ0v) is 7.81. The van der Waals surface area contributed by atoms with Crippen molar-refractivity contribution < 1.29 is 0 Å². The molecule has 1 rings (SSSR count). The Kier molecular flexibility index (Phi) is 1.76. The standard InChI is InChI=1S/C4H14B2N2Si/c1-9(2)7(5)3-4-8(9)6/h3-6H2,1-2H3. The molecule has 0 atom stereocenters. The highest BCUT2D eigenvalue weighted by atomic mass is 28.3. The van der Waals surface area contributed by atoms with Crippen molar-refractivity contribution in [1.82, 2.24) is 8.95 Å². The lowest BCUT2D eigenvalue weighted by atomic mass is 10.3. The van der Waals surface area contributed by atoms with Crippen molar-refractivity contribution in [2.24, 2.45) is 0 Å². The van der Waals surface area contributed by atoms with Crippen LogP contribution in [0.25, 0.3) is 0 Å². The molecule has 2 nitrogen and oxygen atoms in total. The Balaban J connectivity index is 2.66. The van der Waals surface area contributed by atoms with Gasteiger partial charge in [0.05, 0.1) is 0 Å². The molecule has 0 radical (unpaired) electrons. The Hall–Kier alpha value is 0.267. The first kappa shape index (κ1) is 7.37. The quantitative estimate of drug-likeness (QED) is 0.374. The van der Waals surface area contributed by atoms with Crippen molar-refractivity contribution in [3.05, 3.63) is 0 Å². The van der Waals surface area contributed by atoms with Crippen LogP contribution in [-0.2, 0) is 0 Å². The Bertz CT molecular complexity index is 107. The number of nitrogens with zero attached hydrogens (tertiary/aromatic N) is 2. The van der Waals surface area contributed by atoms with E-state index in [1.54, 1.807) is 0 Å². The molecule has 1 heterocycles. The minimum Gasteiger partial charge on any atom is -0.358 e. The molecular formula is C4H14B2N2Si. The van der Waals surface area contributed by atoms with E-state index < -0.39 is 8.40 Å². The summed E-state index contributed by atoms with van der Waals surface area (Å²) in [6.07, 6.45) is 0. The molecule has 0 saturated carbocycles. The maximum absolute atomic E-state index is 2.51. The molecule has 0 aromatic rings. The molecule has 0 aromatic carbocycles. The van der Waals surface area contributed by atoms with E-state index in [4.69, 9.17) is 0 Å². The molecular weight excluding hydrogens is 126 g/mol. The van der Waals surface area contributed by atoms with Gasteiger partial charge in [-0.05, 0) is 26.2 Å². The molecule has 0 unspecified atom stereocenters. The fourth-order valence-corrected chi connectivity index (χ4v) is 3.02. The second-order valence-corrected chi connectivity index (χ2v) is 7.85. The van der Waals surface area contributed by atoms with Gasteiger partial charge in [-0.25, -0.2) is 0 Å². The molecule has 1 aliphatic heterocycles. The Labute approximate surface area is 60.2 Å². The van der Waals surface area contributed by atoms with Crippen molar-refractivity contribution in [2.45, 2.75) is 13.1 Å². The lowest BCUT2D eigenvalue weighted by Crippen LogP contribution is -2.51. The van der Waals surface area contributed by atoms with Crippen molar-refractivity contribution in [1.29, 1.82) is 0 Å². The van der Waals surface area contributed by atoms with Gasteiger partial charge in [0.1, 0.15) is 0 Å². The average Bonchev–Trinajstić information content (AvgIpc) is 1.96. The highest BCUT2D eigenvalue weighted by Crippen LogP contribution is 2.15. The van der Waals surface area contributed by atoms with Crippen LogP contribution in [0.3, 0.4) is 0 Å². The van der Waals surface area contributed by atoms with Gasteiger partial charge in [-0.3, -0.25) is 0 Å². The number of rotatable bonds is 0. The summed E-state index contributed by atoms with van der Waals surface area (Å²) in [5.41, 5.74) is 0. The summed E-state index contributed by atoms with van der Waals surface area (Å²) in [5, 5.41) is 0. The van der Waals surface area contributed by atoms with Crippen LogP contribution in [0.5, 0.6) is 0 Å². The average molecular weight is 140 g/mol. The predicted octanol–water partition coefficient (Wildman–Crippen LogP) is -1.60. The van der Waals surface area contributed by atoms with Crippen LogP contribution < -0.4 is 0 Å². The van der Waals surface area contributed by atoms with Crippen LogP contribution in [0.4, 0.5) is 0 Å². The first-order chi connectivity index (χ1) is 4.05. The molecule has 1 saturated heterocycles. The first-order valence-electron chi connectivity index (χ1n) is 3.47. The van der Waals surface area contributed by atoms with E-state index in [0.717, 1.165) is 0 Å². The van der Waals surface area contributed by atoms with E-state index in [1.165, 1.54) is 13.1 Å². The van der Waals surface area contributed by atoms with Crippen LogP contribution >= 0.6 is 0 Å². The smallest absolute Gasteiger partial charge is 0.178 e. The summed E-state index contributed by atoms with van der Waals surface area (Å²) in [5.74, 6) is 0. The fourth-order valence-electron chi connectivity index (χ4n) is 1.14. The predicted molar refractivity (Wildman–Crippen MR) is 48.0 cm³/mol. The van der Waals surface area contributed by atoms with Crippen LogP contribution in [0.2, 0.25) is 13.1 Å². The third kappa shape index (κ3) is 1.09. The van der Waals surface area contributed by atoms with Crippen LogP contribution in [0.1, 0.15) is 0 Å². The maximum atomic E-state index is 2.51. The molecule has 1 fully saturated rings. The van der Waals surface area contributed by atoms with Gasteiger partial charge in [0.15, 0.2) is 24.4 Å². The Morgan fingerprint density at radius 2 is 1.44 bits per heavy atom. The highest BCUT2D eigenvalue weighted by Gasteiger charge is 2.35. The van der Waals surface area contributed by atoms with Crippen molar-refractivity contribution in [3.8, 4) is 0 Å². The molecule has 9 heavy (non-hydrogen) atoms. The van der Waals surface area contributed by atoms with Gasteiger partial charge < -0.3 is 8.95 Å². The molecule has 0 amide bonds. The van der Waals surface area contributed by atoms with Gasteiger partial charge in [-0.1, -0.05) is 0 Å². The van der Waals surface area contributed by atoms with Gasteiger partial charge in [-0.15, -0.1) is 0 Å². The Morgan fingerprint density at radius 1 is 1.11 bits per heavy atom. The third-order valence-electron chi connectivity index (χ3n) is 2.64. The molecule has 0 spiro atoms. The summed E-state index contributed by atoms with van der Waals surface area (Å²) in [6, 6.07) is 0. The fraction of sp³-hybridized carbons (Fsp3) is 1.00. The lowest BCUT2D eigenvalue weighted by molar-refractivity contribution is 0.696. The van der Waals surface area contributed by atoms with Crippen LogP contribution in [0.15, 0.2) is 0 Å². The van der Waals surface area contributed by atoms with Crippen molar-refractivity contribution in [3.63, 3.8) is 0 Å². The number of hydrogen-bond donors (Lipinski definition) is 0. The molecule has 0 aliphatic carbocycles.